The van der Waals surface area contributed by atoms with Crippen LogP contribution in [0.2, 0.25) is 0 Å². The molecule has 1 N–H and O–H groups in total. The largest absolute Gasteiger partial charge is 0.490 e. The summed E-state index contributed by atoms with van der Waals surface area (Å²) < 4.78 is 25.4. The van der Waals surface area contributed by atoms with Crippen molar-refractivity contribution in [1.29, 1.82) is 0 Å². The summed E-state index contributed by atoms with van der Waals surface area (Å²) in [5.41, 5.74) is 0.510. The Labute approximate surface area is 125 Å². The van der Waals surface area contributed by atoms with Gasteiger partial charge in [0.15, 0.2) is 0 Å². The lowest BCUT2D eigenvalue weighted by Gasteiger charge is -2.38. The number of rotatable bonds is 3. The molecule has 0 bridgehead atoms. The van der Waals surface area contributed by atoms with Crippen molar-refractivity contribution in [1.82, 2.24) is 0 Å². The van der Waals surface area contributed by atoms with Crippen molar-refractivity contribution in [3.8, 4) is 5.75 Å². The van der Waals surface area contributed by atoms with Crippen LogP contribution in [0.5, 0.6) is 5.75 Å². The van der Waals surface area contributed by atoms with Crippen LogP contribution >= 0.6 is 0 Å². The summed E-state index contributed by atoms with van der Waals surface area (Å²) in [6.45, 7) is 2.35. The Hall–Kier alpha value is -1.13. The van der Waals surface area contributed by atoms with E-state index in [4.69, 9.17) is 9.47 Å². The minimum atomic E-state index is -0.740. The molecule has 1 saturated heterocycles. The number of aliphatic hydroxyl groups is 1. The van der Waals surface area contributed by atoms with E-state index >= 15 is 0 Å². The number of aliphatic hydroxyl groups excluding tert-OH is 1. The molecule has 3 nitrogen and oxygen atoms in total. The minimum Gasteiger partial charge on any atom is -0.490 e. The summed E-state index contributed by atoms with van der Waals surface area (Å²) in [5, 5.41) is 9.79. The summed E-state index contributed by atoms with van der Waals surface area (Å²) in [7, 11) is 0. The van der Waals surface area contributed by atoms with Crippen LogP contribution in [0.4, 0.5) is 4.39 Å². The highest BCUT2D eigenvalue weighted by Gasteiger charge is 2.40. The molecule has 0 radical (unpaired) electrons. The van der Waals surface area contributed by atoms with Gasteiger partial charge in [0.1, 0.15) is 17.7 Å². The Bertz CT molecular complexity index is 495. The second-order valence-electron chi connectivity index (χ2n) is 6.33. The van der Waals surface area contributed by atoms with Crippen molar-refractivity contribution < 1.29 is 19.0 Å². The third-order valence-corrected chi connectivity index (χ3v) is 4.68. The number of hydrogen-bond acceptors (Lipinski definition) is 3. The second-order valence-corrected chi connectivity index (χ2v) is 6.33. The molecule has 1 aromatic carbocycles. The molecular weight excluding hydrogens is 271 g/mol. The molecule has 1 aliphatic heterocycles. The SMILES string of the molecule is C[C@H](O)c1cc(F)ccc1OC1CCOC2(CCCC2)C1. The van der Waals surface area contributed by atoms with Crippen molar-refractivity contribution >= 4 is 0 Å². The fraction of sp³-hybridized carbons (Fsp3) is 0.647. The summed E-state index contributed by atoms with van der Waals surface area (Å²) in [6.07, 6.45) is 5.75. The molecule has 21 heavy (non-hydrogen) atoms. The highest BCUT2D eigenvalue weighted by atomic mass is 19.1. The first-order valence-corrected chi connectivity index (χ1v) is 7.86. The predicted octanol–water partition coefficient (Wildman–Crippen LogP) is 3.75. The molecule has 2 atom stereocenters. The van der Waals surface area contributed by atoms with Gasteiger partial charge in [-0.1, -0.05) is 12.8 Å². The standard InChI is InChI=1S/C17H23FO3/c1-12(19)15-10-13(18)4-5-16(15)21-14-6-9-20-17(11-14)7-2-3-8-17/h4-5,10,12,14,19H,2-3,6-9,11H2,1H3/t12-,14?/m0/s1. The predicted molar refractivity (Wildman–Crippen MR) is 77.8 cm³/mol. The normalized spacial score (nSPS) is 26.0. The molecule has 0 amide bonds. The van der Waals surface area contributed by atoms with Crippen LogP contribution in [0.3, 0.4) is 0 Å². The summed E-state index contributed by atoms with van der Waals surface area (Å²) >= 11 is 0. The molecule has 0 aromatic heterocycles. The Morgan fingerprint density at radius 1 is 1.38 bits per heavy atom. The van der Waals surface area contributed by atoms with Crippen LogP contribution in [0, 0.1) is 5.82 Å². The van der Waals surface area contributed by atoms with Gasteiger partial charge in [-0.25, -0.2) is 4.39 Å². The van der Waals surface area contributed by atoms with Crippen molar-refractivity contribution in [3.63, 3.8) is 0 Å². The molecule has 2 fully saturated rings. The molecule has 1 saturated carbocycles. The molecular formula is C17H23FO3. The Morgan fingerprint density at radius 3 is 2.86 bits per heavy atom. The number of benzene rings is 1. The molecule has 116 valence electrons. The molecule has 2 aliphatic rings. The van der Waals surface area contributed by atoms with Crippen LogP contribution in [0.25, 0.3) is 0 Å². The lowest BCUT2D eigenvalue weighted by Crippen LogP contribution is -2.41. The van der Waals surface area contributed by atoms with E-state index in [1.54, 1.807) is 13.0 Å². The molecule has 1 spiro atoms. The van der Waals surface area contributed by atoms with Gasteiger partial charge in [-0.05, 0) is 38.0 Å². The Balaban J connectivity index is 1.74. The van der Waals surface area contributed by atoms with Gasteiger partial charge in [0.25, 0.3) is 0 Å². The monoisotopic (exact) mass is 294 g/mol. The maximum atomic E-state index is 13.3. The number of ether oxygens (including phenoxy) is 2. The van der Waals surface area contributed by atoms with Crippen LogP contribution in [-0.4, -0.2) is 23.4 Å². The quantitative estimate of drug-likeness (QED) is 0.922. The van der Waals surface area contributed by atoms with Gasteiger partial charge in [0.05, 0.1) is 18.3 Å². The smallest absolute Gasteiger partial charge is 0.125 e. The molecule has 1 heterocycles. The summed E-state index contributed by atoms with van der Waals surface area (Å²) in [4.78, 5) is 0. The lowest BCUT2D eigenvalue weighted by atomic mass is 9.90. The van der Waals surface area contributed by atoms with Gasteiger partial charge >= 0.3 is 0 Å². The molecule has 3 rings (SSSR count). The van der Waals surface area contributed by atoms with Crippen LogP contribution in [0.15, 0.2) is 18.2 Å². The van der Waals surface area contributed by atoms with E-state index in [1.807, 2.05) is 0 Å². The van der Waals surface area contributed by atoms with E-state index in [2.05, 4.69) is 0 Å². The Morgan fingerprint density at radius 2 is 2.14 bits per heavy atom. The van der Waals surface area contributed by atoms with Crippen LogP contribution < -0.4 is 4.74 Å². The van der Waals surface area contributed by atoms with E-state index in [0.29, 0.717) is 11.3 Å². The average Bonchev–Trinajstić information content (AvgIpc) is 2.88. The first-order valence-electron chi connectivity index (χ1n) is 7.86. The lowest BCUT2D eigenvalue weighted by molar-refractivity contribution is -0.108. The van der Waals surface area contributed by atoms with E-state index in [1.165, 1.54) is 25.0 Å². The number of hydrogen-bond donors (Lipinski definition) is 1. The first kappa shape index (κ1) is 14.8. The maximum absolute atomic E-state index is 13.3. The summed E-state index contributed by atoms with van der Waals surface area (Å²) in [6, 6.07) is 4.35. The van der Waals surface area contributed by atoms with E-state index in [-0.39, 0.29) is 17.5 Å². The van der Waals surface area contributed by atoms with Gasteiger partial charge in [-0.2, -0.15) is 0 Å². The zero-order valence-electron chi connectivity index (χ0n) is 12.5. The van der Waals surface area contributed by atoms with Gasteiger partial charge in [-0.3, -0.25) is 0 Å². The van der Waals surface area contributed by atoms with Gasteiger partial charge in [0, 0.05) is 18.4 Å². The Kier molecular flexibility index (Phi) is 4.18. The second kappa shape index (κ2) is 5.93. The topological polar surface area (TPSA) is 38.7 Å². The third kappa shape index (κ3) is 3.22. The minimum absolute atomic E-state index is 0.00601. The van der Waals surface area contributed by atoms with E-state index in [9.17, 15) is 9.50 Å². The van der Waals surface area contributed by atoms with Crippen LogP contribution in [-0.2, 0) is 4.74 Å². The molecule has 1 unspecified atom stereocenters. The fourth-order valence-corrected chi connectivity index (χ4v) is 3.58. The van der Waals surface area contributed by atoms with Crippen molar-refractivity contribution in [2.45, 2.75) is 63.3 Å². The fourth-order valence-electron chi connectivity index (χ4n) is 3.58. The molecule has 1 aliphatic carbocycles. The van der Waals surface area contributed by atoms with E-state index < -0.39 is 6.10 Å². The van der Waals surface area contributed by atoms with Gasteiger partial charge in [0.2, 0.25) is 0 Å². The van der Waals surface area contributed by atoms with E-state index in [0.717, 1.165) is 32.3 Å². The van der Waals surface area contributed by atoms with Crippen LogP contribution in [0.1, 0.15) is 57.1 Å². The zero-order valence-corrected chi connectivity index (χ0v) is 12.5. The molecule has 1 aromatic rings. The van der Waals surface area contributed by atoms with Crippen molar-refractivity contribution in [2.75, 3.05) is 6.61 Å². The maximum Gasteiger partial charge on any atom is 0.125 e. The average molecular weight is 294 g/mol. The highest BCUT2D eigenvalue weighted by Crippen LogP contribution is 2.41. The summed E-state index contributed by atoms with van der Waals surface area (Å²) in [5.74, 6) is 0.240. The van der Waals surface area contributed by atoms with Crippen molar-refractivity contribution in [3.05, 3.63) is 29.6 Å². The third-order valence-electron chi connectivity index (χ3n) is 4.68. The number of halogens is 1. The molecule has 4 heteroatoms. The zero-order chi connectivity index (χ0) is 14.9. The van der Waals surface area contributed by atoms with Gasteiger partial charge < -0.3 is 14.6 Å². The first-order chi connectivity index (χ1) is 10.1. The highest BCUT2D eigenvalue weighted by molar-refractivity contribution is 5.35. The van der Waals surface area contributed by atoms with Crippen molar-refractivity contribution in [2.24, 2.45) is 0 Å². The van der Waals surface area contributed by atoms with Gasteiger partial charge in [-0.15, -0.1) is 0 Å².